The van der Waals surface area contributed by atoms with Crippen LogP contribution in [0.2, 0.25) is 0 Å². The summed E-state index contributed by atoms with van der Waals surface area (Å²) < 4.78 is 0. The number of benzene rings is 1. The van der Waals surface area contributed by atoms with Crippen LogP contribution in [0.1, 0.15) is 43.9 Å². The van der Waals surface area contributed by atoms with E-state index in [1.807, 2.05) is 0 Å². The van der Waals surface area contributed by atoms with Crippen LogP contribution in [0.25, 0.3) is 0 Å². The van der Waals surface area contributed by atoms with Crippen LogP contribution in [0, 0.1) is 12.8 Å². The van der Waals surface area contributed by atoms with E-state index in [4.69, 9.17) is 4.99 Å². The SMILES string of the molecule is CCNC(=NCC1CCCN(C)C1)NC(C)c1ccccc1C.I. The van der Waals surface area contributed by atoms with Gasteiger partial charge in [0.1, 0.15) is 0 Å². The third kappa shape index (κ3) is 6.59. The Balaban J connectivity index is 0.00000288. The highest BCUT2D eigenvalue weighted by atomic mass is 127. The largest absolute Gasteiger partial charge is 0.357 e. The standard InChI is InChI=1S/C19H32N4.HI/c1-5-20-19(21-13-17-10-8-12-23(4)14-17)22-16(3)18-11-7-6-9-15(18)2;/h6-7,9,11,16-17H,5,8,10,12-14H2,1-4H3,(H2,20,21,22);1H. The molecule has 0 amide bonds. The molecule has 0 aliphatic carbocycles. The maximum atomic E-state index is 4.83. The minimum absolute atomic E-state index is 0. The lowest BCUT2D eigenvalue weighted by Crippen LogP contribution is -2.40. The summed E-state index contributed by atoms with van der Waals surface area (Å²) in [4.78, 5) is 7.25. The molecule has 1 fully saturated rings. The molecule has 1 aliphatic heterocycles. The zero-order chi connectivity index (χ0) is 16.7. The molecule has 1 saturated heterocycles. The van der Waals surface area contributed by atoms with E-state index in [1.54, 1.807) is 0 Å². The molecule has 4 nitrogen and oxygen atoms in total. The number of hydrogen-bond donors (Lipinski definition) is 2. The molecule has 1 heterocycles. The summed E-state index contributed by atoms with van der Waals surface area (Å²) in [5.41, 5.74) is 2.65. The molecule has 0 aromatic heterocycles. The minimum atomic E-state index is 0. The number of guanidine groups is 1. The topological polar surface area (TPSA) is 39.7 Å². The number of hydrogen-bond acceptors (Lipinski definition) is 2. The Hall–Kier alpha value is -0.820. The van der Waals surface area contributed by atoms with E-state index >= 15 is 0 Å². The van der Waals surface area contributed by atoms with Gasteiger partial charge in [-0.2, -0.15) is 0 Å². The smallest absolute Gasteiger partial charge is 0.191 e. The first kappa shape index (κ1) is 21.2. The van der Waals surface area contributed by atoms with Gasteiger partial charge in [-0.05, 0) is 64.3 Å². The van der Waals surface area contributed by atoms with E-state index in [0.29, 0.717) is 5.92 Å². The van der Waals surface area contributed by atoms with Gasteiger partial charge in [0.2, 0.25) is 0 Å². The van der Waals surface area contributed by atoms with Crippen molar-refractivity contribution in [3.05, 3.63) is 35.4 Å². The van der Waals surface area contributed by atoms with Crippen molar-refractivity contribution in [3.63, 3.8) is 0 Å². The van der Waals surface area contributed by atoms with Gasteiger partial charge in [0, 0.05) is 19.6 Å². The number of nitrogens with one attached hydrogen (secondary N) is 2. The molecule has 24 heavy (non-hydrogen) atoms. The summed E-state index contributed by atoms with van der Waals surface area (Å²) in [7, 11) is 2.21. The van der Waals surface area contributed by atoms with Gasteiger partial charge in [-0.3, -0.25) is 4.99 Å². The van der Waals surface area contributed by atoms with Gasteiger partial charge in [0.15, 0.2) is 5.96 Å². The third-order valence-electron chi connectivity index (χ3n) is 4.58. The van der Waals surface area contributed by atoms with Gasteiger partial charge < -0.3 is 15.5 Å². The second-order valence-electron chi connectivity index (χ2n) is 6.71. The number of aliphatic imine (C=N–C) groups is 1. The fourth-order valence-corrected chi connectivity index (χ4v) is 3.32. The predicted molar refractivity (Wildman–Crippen MR) is 114 cm³/mol. The fourth-order valence-electron chi connectivity index (χ4n) is 3.32. The summed E-state index contributed by atoms with van der Waals surface area (Å²) in [6.07, 6.45) is 2.58. The number of piperidine rings is 1. The fraction of sp³-hybridized carbons (Fsp3) is 0.632. The number of likely N-dealkylation sites (tertiary alicyclic amines) is 1. The Morgan fingerprint density at radius 1 is 1.38 bits per heavy atom. The molecule has 2 atom stereocenters. The maximum absolute atomic E-state index is 4.83. The predicted octanol–water partition coefficient (Wildman–Crippen LogP) is 3.57. The van der Waals surface area contributed by atoms with Crippen LogP contribution in [0.5, 0.6) is 0 Å². The molecule has 2 unspecified atom stereocenters. The third-order valence-corrected chi connectivity index (χ3v) is 4.58. The zero-order valence-electron chi connectivity index (χ0n) is 15.5. The van der Waals surface area contributed by atoms with Crippen LogP contribution < -0.4 is 10.6 Å². The molecule has 136 valence electrons. The van der Waals surface area contributed by atoms with Crippen LogP contribution in [0.4, 0.5) is 0 Å². The van der Waals surface area contributed by atoms with Gasteiger partial charge in [0.05, 0.1) is 6.04 Å². The molecule has 1 aromatic carbocycles. The lowest BCUT2D eigenvalue weighted by Gasteiger charge is -2.29. The summed E-state index contributed by atoms with van der Waals surface area (Å²) in [5.74, 6) is 1.61. The molecule has 1 aliphatic rings. The Bertz CT molecular complexity index is 518. The summed E-state index contributed by atoms with van der Waals surface area (Å²) in [5, 5.41) is 6.93. The van der Waals surface area contributed by atoms with Crippen molar-refractivity contribution >= 4 is 29.9 Å². The van der Waals surface area contributed by atoms with Gasteiger partial charge in [0.25, 0.3) is 0 Å². The van der Waals surface area contributed by atoms with Crippen molar-refractivity contribution in [1.29, 1.82) is 0 Å². The molecule has 2 N–H and O–H groups in total. The van der Waals surface area contributed by atoms with Crippen molar-refractivity contribution < 1.29 is 0 Å². The Morgan fingerprint density at radius 3 is 2.79 bits per heavy atom. The van der Waals surface area contributed by atoms with E-state index in [1.165, 1.54) is 30.5 Å². The van der Waals surface area contributed by atoms with Gasteiger partial charge in [-0.25, -0.2) is 0 Å². The summed E-state index contributed by atoms with van der Waals surface area (Å²) in [6, 6.07) is 8.79. The molecule has 2 rings (SSSR count). The van der Waals surface area contributed by atoms with Crippen molar-refractivity contribution in [2.24, 2.45) is 10.9 Å². The number of nitrogens with zero attached hydrogens (tertiary/aromatic N) is 2. The van der Waals surface area contributed by atoms with Gasteiger partial charge in [-0.1, -0.05) is 24.3 Å². The monoisotopic (exact) mass is 444 g/mol. The van der Waals surface area contributed by atoms with E-state index < -0.39 is 0 Å². The van der Waals surface area contributed by atoms with Crippen molar-refractivity contribution in [2.75, 3.05) is 33.2 Å². The molecule has 0 spiro atoms. The van der Waals surface area contributed by atoms with Crippen LogP contribution in [0.15, 0.2) is 29.3 Å². The zero-order valence-corrected chi connectivity index (χ0v) is 17.8. The van der Waals surface area contributed by atoms with E-state index in [2.05, 4.69) is 67.6 Å². The Morgan fingerprint density at radius 2 is 2.12 bits per heavy atom. The molecule has 1 aromatic rings. The normalized spacial score (nSPS) is 20.2. The first-order valence-electron chi connectivity index (χ1n) is 8.89. The average Bonchev–Trinajstić information content (AvgIpc) is 2.53. The van der Waals surface area contributed by atoms with Crippen molar-refractivity contribution in [3.8, 4) is 0 Å². The summed E-state index contributed by atoms with van der Waals surface area (Å²) in [6.45, 7) is 10.7. The molecular formula is C19H33IN4. The molecule has 0 bridgehead atoms. The van der Waals surface area contributed by atoms with E-state index in [-0.39, 0.29) is 30.0 Å². The highest BCUT2D eigenvalue weighted by molar-refractivity contribution is 14.0. The molecular weight excluding hydrogens is 411 g/mol. The van der Waals surface area contributed by atoms with Crippen LogP contribution in [-0.2, 0) is 0 Å². The van der Waals surface area contributed by atoms with Gasteiger partial charge in [-0.15, -0.1) is 24.0 Å². The lowest BCUT2D eigenvalue weighted by molar-refractivity contribution is 0.214. The Kier molecular flexibility index (Phi) is 9.66. The highest BCUT2D eigenvalue weighted by Gasteiger charge is 2.17. The first-order chi connectivity index (χ1) is 11.1. The van der Waals surface area contributed by atoms with Crippen LogP contribution in [0.3, 0.4) is 0 Å². The van der Waals surface area contributed by atoms with E-state index in [0.717, 1.165) is 25.6 Å². The molecule has 0 radical (unpaired) electrons. The first-order valence-corrected chi connectivity index (χ1v) is 8.89. The molecule has 0 saturated carbocycles. The number of halogens is 1. The second kappa shape index (κ2) is 10.9. The lowest BCUT2D eigenvalue weighted by atomic mass is 9.99. The molecule has 5 heteroatoms. The van der Waals surface area contributed by atoms with E-state index in [9.17, 15) is 0 Å². The Labute approximate surface area is 164 Å². The second-order valence-corrected chi connectivity index (χ2v) is 6.71. The number of aryl methyl sites for hydroxylation is 1. The number of rotatable bonds is 5. The van der Waals surface area contributed by atoms with Crippen molar-refractivity contribution in [2.45, 2.75) is 39.7 Å². The maximum Gasteiger partial charge on any atom is 0.191 e. The summed E-state index contributed by atoms with van der Waals surface area (Å²) >= 11 is 0. The highest BCUT2D eigenvalue weighted by Crippen LogP contribution is 2.17. The van der Waals surface area contributed by atoms with Crippen LogP contribution >= 0.6 is 24.0 Å². The quantitative estimate of drug-likeness (QED) is 0.415. The van der Waals surface area contributed by atoms with Crippen LogP contribution in [-0.4, -0.2) is 44.1 Å². The van der Waals surface area contributed by atoms with Gasteiger partial charge >= 0.3 is 0 Å². The average molecular weight is 444 g/mol. The van der Waals surface area contributed by atoms with Crippen molar-refractivity contribution in [1.82, 2.24) is 15.5 Å². The minimum Gasteiger partial charge on any atom is -0.357 e.